The molecule has 0 unspecified atom stereocenters. The van der Waals surface area contributed by atoms with Gasteiger partial charge in [-0.2, -0.15) is 0 Å². The molecule has 2 aromatic carbocycles. The van der Waals surface area contributed by atoms with E-state index in [2.05, 4.69) is 5.32 Å². The van der Waals surface area contributed by atoms with Crippen LogP contribution in [0.4, 0.5) is 5.69 Å². The van der Waals surface area contributed by atoms with E-state index in [9.17, 15) is 9.59 Å². The van der Waals surface area contributed by atoms with Crippen molar-refractivity contribution in [2.24, 2.45) is 0 Å². The summed E-state index contributed by atoms with van der Waals surface area (Å²) in [5.74, 6) is 0.791. The van der Waals surface area contributed by atoms with Crippen LogP contribution in [0.25, 0.3) is 0 Å². The van der Waals surface area contributed by atoms with Gasteiger partial charge in [0, 0.05) is 27.7 Å². The summed E-state index contributed by atoms with van der Waals surface area (Å²) in [6.45, 7) is 0.130. The summed E-state index contributed by atoms with van der Waals surface area (Å²) < 4.78 is 11.0. The highest BCUT2D eigenvalue weighted by Gasteiger charge is 2.35. The van der Waals surface area contributed by atoms with E-state index in [0.29, 0.717) is 27.8 Å². The van der Waals surface area contributed by atoms with Crippen LogP contribution in [0, 0.1) is 0 Å². The highest BCUT2D eigenvalue weighted by molar-refractivity contribution is 7.10. The molecule has 3 aromatic rings. The molecule has 0 radical (unpaired) electrons. The minimum Gasteiger partial charge on any atom is -0.454 e. The summed E-state index contributed by atoms with van der Waals surface area (Å²) in [5.41, 5.74) is 1.27. The van der Waals surface area contributed by atoms with E-state index in [4.69, 9.17) is 21.1 Å². The zero-order chi connectivity index (χ0) is 23.5. The molecule has 1 fully saturated rings. The molecule has 2 aliphatic rings. The Morgan fingerprint density at radius 1 is 1.06 bits per heavy atom. The van der Waals surface area contributed by atoms with Crippen LogP contribution in [0.3, 0.4) is 0 Å². The van der Waals surface area contributed by atoms with Crippen LogP contribution in [0.15, 0.2) is 60.0 Å². The fourth-order valence-corrected chi connectivity index (χ4v) is 5.35. The SMILES string of the molecule is O=C(NC1CCCC1)[C@@H](c1ccc(Cl)cc1)N(C(=O)Cc1cccs1)c1ccc2c(c1)OCO2. The number of hydrogen-bond acceptors (Lipinski definition) is 5. The summed E-state index contributed by atoms with van der Waals surface area (Å²) in [6.07, 6.45) is 4.28. The van der Waals surface area contributed by atoms with E-state index in [1.165, 1.54) is 11.3 Å². The second kappa shape index (κ2) is 10.1. The van der Waals surface area contributed by atoms with Gasteiger partial charge in [0.2, 0.25) is 18.6 Å². The van der Waals surface area contributed by atoms with E-state index in [-0.39, 0.29) is 31.1 Å². The van der Waals surface area contributed by atoms with Crippen LogP contribution in [-0.4, -0.2) is 24.6 Å². The molecule has 2 heterocycles. The van der Waals surface area contributed by atoms with Gasteiger partial charge in [-0.3, -0.25) is 14.5 Å². The summed E-state index contributed by atoms with van der Waals surface area (Å²) in [7, 11) is 0. The molecule has 1 atom stereocenters. The van der Waals surface area contributed by atoms with Crippen LogP contribution in [-0.2, 0) is 16.0 Å². The van der Waals surface area contributed by atoms with E-state index >= 15 is 0 Å². The number of benzene rings is 2. The van der Waals surface area contributed by atoms with Gasteiger partial charge < -0.3 is 14.8 Å². The molecule has 176 valence electrons. The van der Waals surface area contributed by atoms with Gasteiger partial charge in [-0.25, -0.2) is 0 Å². The fourth-order valence-electron chi connectivity index (χ4n) is 4.53. The van der Waals surface area contributed by atoms with Crippen LogP contribution in [0.2, 0.25) is 5.02 Å². The zero-order valence-corrected chi connectivity index (χ0v) is 20.1. The maximum atomic E-state index is 13.8. The molecule has 1 N–H and O–H groups in total. The Morgan fingerprint density at radius 2 is 1.82 bits per heavy atom. The minimum absolute atomic E-state index is 0.119. The predicted molar refractivity (Wildman–Crippen MR) is 133 cm³/mol. The number of hydrogen-bond donors (Lipinski definition) is 1. The minimum atomic E-state index is -0.856. The first-order valence-electron chi connectivity index (χ1n) is 11.4. The first-order chi connectivity index (χ1) is 16.6. The van der Waals surface area contributed by atoms with Crippen molar-refractivity contribution in [1.82, 2.24) is 5.32 Å². The zero-order valence-electron chi connectivity index (χ0n) is 18.5. The number of thiophene rings is 1. The van der Waals surface area contributed by atoms with Gasteiger partial charge in [-0.15, -0.1) is 11.3 Å². The molecular weight excluding hydrogens is 472 g/mol. The van der Waals surface area contributed by atoms with E-state index in [1.807, 2.05) is 17.5 Å². The normalized spacial score (nSPS) is 15.8. The Labute approximate surface area is 207 Å². The Kier molecular flexibility index (Phi) is 6.74. The largest absolute Gasteiger partial charge is 0.454 e. The van der Waals surface area contributed by atoms with Crippen LogP contribution >= 0.6 is 22.9 Å². The number of anilines is 1. The highest BCUT2D eigenvalue weighted by atomic mass is 35.5. The molecule has 34 heavy (non-hydrogen) atoms. The lowest BCUT2D eigenvalue weighted by atomic mass is 10.0. The summed E-state index contributed by atoms with van der Waals surface area (Å²) in [5, 5.41) is 5.70. The molecule has 0 spiro atoms. The van der Waals surface area contributed by atoms with Crippen molar-refractivity contribution in [2.75, 3.05) is 11.7 Å². The number of halogens is 1. The summed E-state index contributed by atoms with van der Waals surface area (Å²) >= 11 is 7.66. The van der Waals surface area contributed by atoms with Crippen molar-refractivity contribution in [3.63, 3.8) is 0 Å². The molecule has 1 saturated carbocycles. The van der Waals surface area contributed by atoms with Gasteiger partial charge in [0.1, 0.15) is 6.04 Å². The van der Waals surface area contributed by atoms with E-state index in [1.54, 1.807) is 47.4 Å². The summed E-state index contributed by atoms with van der Waals surface area (Å²) in [4.78, 5) is 30.0. The predicted octanol–water partition coefficient (Wildman–Crippen LogP) is 5.51. The Morgan fingerprint density at radius 3 is 2.56 bits per heavy atom. The molecule has 1 aliphatic carbocycles. The van der Waals surface area contributed by atoms with Crippen LogP contribution in [0.1, 0.15) is 42.2 Å². The third-order valence-corrected chi connectivity index (χ3v) is 7.33. The second-order valence-electron chi connectivity index (χ2n) is 8.50. The summed E-state index contributed by atoms with van der Waals surface area (Å²) in [6, 6.07) is 15.5. The number of amides is 2. The quantitative estimate of drug-likeness (QED) is 0.468. The van der Waals surface area contributed by atoms with Gasteiger partial charge in [0.15, 0.2) is 11.5 Å². The van der Waals surface area contributed by atoms with Crippen molar-refractivity contribution >= 4 is 40.4 Å². The van der Waals surface area contributed by atoms with Gasteiger partial charge >= 0.3 is 0 Å². The third kappa shape index (κ3) is 4.91. The maximum Gasteiger partial charge on any atom is 0.248 e. The standard InChI is InChI=1S/C26H25ClN2O4S/c27-18-9-7-17(8-10-18)25(26(31)28-19-4-1-2-5-19)29(24(30)15-21-6-3-13-34-21)20-11-12-22-23(14-20)33-16-32-22/h3,6-14,19,25H,1-2,4-5,15-16H2,(H,28,31)/t25-/m1/s1. The Bertz CT molecular complexity index is 1160. The number of carbonyl (C=O) groups is 2. The van der Waals surface area contributed by atoms with Gasteiger partial charge in [-0.1, -0.05) is 42.6 Å². The van der Waals surface area contributed by atoms with Crippen molar-refractivity contribution in [1.29, 1.82) is 0 Å². The number of fused-ring (bicyclic) bond motifs is 1. The van der Waals surface area contributed by atoms with Crippen LogP contribution < -0.4 is 19.7 Å². The molecule has 6 nitrogen and oxygen atoms in total. The second-order valence-corrected chi connectivity index (χ2v) is 9.97. The average molecular weight is 497 g/mol. The molecule has 5 rings (SSSR count). The molecule has 0 bridgehead atoms. The topological polar surface area (TPSA) is 67.9 Å². The molecule has 2 amide bonds. The average Bonchev–Trinajstić information content (AvgIpc) is 3.61. The van der Waals surface area contributed by atoms with Crippen LogP contribution in [0.5, 0.6) is 11.5 Å². The van der Waals surface area contributed by atoms with E-state index < -0.39 is 6.04 Å². The monoisotopic (exact) mass is 496 g/mol. The highest BCUT2D eigenvalue weighted by Crippen LogP contribution is 2.39. The van der Waals surface area contributed by atoms with Gasteiger partial charge in [0.05, 0.1) is 6.42 Å². The molecule has 1 aromatic heterocycles. The third-order valence-electron chi connectivity index (χ3n) is 6.20. The lowest BCUT2D eigenvalue weighted by molar-refractivity contribution is -0.127. The first-order valence-corrected chi connectivity index (χ1v) is 12.6. The van der Waals surface area contributed by atoms with Crippen molar-refractivity contribution in [3.8, 4) is 11.5 Å². The van der Waals surface area contributed by atoms with Gasteiger partial charge in [0.25, 0.3) is 0 Å². The molecule has 0 saturated heterocycles. The maximum absolute atomic E-state index is 13.8. The van der Waals surface area contributed by atoms with E-state index in [0.717, 1.165) is 30.6 Å². The first kappa shape index (κ1) is 22.7. The molecule has 1 aliphatic heterocycles. The Hall–Kier alpha value is -3.03. The van der Waals surface area contributed by atoms with Gasteiger partial charge in [-0.05, 0) is 54.1 Å². The molecular formula is C26H25ClN2O4S. The lowest BCUT2D eigenvalue weighted by Gasteiger charge is -2.32. The Balaban J connectivity index is 1.56. The fraction of sp³-hybridized carbons (Fsp3) is 0.308. The number of ether oxygens (including phenoxy) is 2. The van der Waals surface area contributed by atoms with Crippen molar-refractivity contribution < 1.29 is 19.1 Å². The smallest absolute Gasteiger partial charge is 0.248 e. The lowest BCUT2D eigenvalue weighted by Crippen LogP contribution is -2.46. The molecule has 8 heteroatoms. The number of nitrogens with zero attached hydrogens (tertiary/aromatic N) is 1. The number of rotatable bonds is 7. The number of carbonyl (C=O) groups excluding carboxylic acids is 2. The number of nitrogens with one attached hydrogen (secondary N) is 1. The van der Waals surface area contributed by atoms with Crippen molar-refractivity contribution in [3.05, 3.63) is 75.4 Å². The van der Waals surface area contributed by atoms with Crippen molar-refractivity contribution in [2.45, 2.75) is 44.2 Å².